The summed E-state index contributed by atoms with van der Waals surface area (Å²) in [5.74, 6) is 1.77. The molecule has 0 bridgehead atoms. The molecule has 256 valence electrons. The van der Waals surface area contributed by atoms with Crippen molar-refractivity contribution in [2.75, 3.05) is 0 Å². The van der Waals surface area contributed by atoms with Gasteiger partial charge in [-0.15, -0.1) is 0 Å². The van der Waals surface area contributed by atoms with Crippen LogP contribution in [0.25, 0.3) is 40.0 Å². The molecular weight excluding hydrogens is 747 g/mol. The Morgan fingerprint density at radius 3 is 1.84 bits per heavy atom. The van der Waals surface area contributed by atoms with Gasteiger partial charge in [-0.3, -0.25) is 0 Å². The minimum atomic E-state index is -5.02. The molecule has 0 amide bonds. The summed E-state index contributed by atoms with van der Waals surface area (Å²) in [6, 6.07) is 29.4. The molecule has 4 aromatic carbocycles. The number of rotatable bonds is 5. The second-order valence-electron chi connectivity index (χ2n) is 16.2. The van der Waals surface area contributed by atoms with Crippen LogP contribution in [0.3, 0.4) is 0 Å². The van der Waals surface area contributed by atoms with Gasteiger partial charge in [0.25, 0.3) is 0 Å². The summed E-state index contributed by atoms with van der Waals surface area (Å²) in [4.78, 5) is 0. The van der Waals surface area contributed by atoms with Crippen molar-refractivity contribution < 1.29 is 19.4 Å². The molecule has 2 aliphatic rings. The van der Waals surface area contributed by atoms with E-state index < -0.39 is 20.4 Å². The Hall–Kier alpha value is -2.68. The first kappa shape index (κ1) is 35.7. The Balaban J connectivity index is 1.48. The quantitative estimate of drug-likeness (QED) is 0.162. The van der Waals surface area contributed by atoms with Crippen molar-refractivity contribution in [3.05, 3.63) is 147 Å². The zero-order valence-electron chi connectivity index (χ0n) is 31.1. The molecule has 0 saturated carbocycles. The maximum atomic E-state index is 8.63. The summed E-state index contributed by atoms with van der Waals surface area (Å²) < 4.78 is 6.31. The second-order valence-corrected chi connectivity index (χ2v) is 55.0. The normalized spacial score (nSPS) is 17.2. The molecule has 2 atom stereocenters. The molecule has 5 aromatic rings. The van der Waals surface area contributed by atoms with E-state index in [4.69, 9.17) is 21.4 Å². The summed E-state index contributed by atoms with van der Waals surface area (Å²) in [5, 5.41) is 0. The number of aryl methyl sites for hydroxylation is 5. The third-order valence-corrected chi connectivity index (χ3v) is 57.8. The van der Waals surface area contributed by atoms with Crippen LogP contribution in [-0.4, -0.2) is 5.43 Å². The molecule has 0 saturated heterocycles. The van der Waals surface area contributed by atoms with E-state index in [0.29, 0.717) is 0 Å². The summed E-state index contributed by atoms with van der Waals surface area (Å²) in [6.45, 7) is 22.4. The van der Waals surface area contributed by atoms with E-state index in [1.165, 1.54) is 72.3 Å². The zero-order chi connectivity index (χ0) is 35.9. The summed E-state index contributed by atoms with van der Waals surface area (Å²) in [6.07, 6.45) is 7.08. The topological polar surface area (TPSA) is 13.1 Å². The van der Waals surface area contributed by atoms with Crippen LogP contribution in [0.1, 0.15) is 89.6 Å². The SMILES string of the molecule is Cc1cc(C)cc(-c2c(C)ccc3c2C=C[CH]3[Zr]([Cl])([Cl])([CH]2C(c3ccc(C)o3)=Cc3c2ccc(C)c3-c2ccc(C(C)(C)C)cc2)=[Si](C)C)c1. The number of fused-ring (bicyclic) bond motifs is 2. The van der Waals surface area contributed by atoms with Crippen molar-refractivity contribution in [1.82, 2.24) is 0 Å². The molecule has 2 aliphatic carbocycles. The zero-order valence-corrected chi connectivity index (χ0v) is 36.0. The summed E-state index contributed by atoms with van der Waals surface area (Å²) >= 11 is -5.02. The van der Waals surface area contributed by atoms with Gasteiger partial charge in [-0.2, -0.15) is 0 Å². The van der Waals surface area contributed by atoms with E-state index in [0.717, 1.165) is 17.1 Å². The molecule has 7 rings (SSSR count). The first-order chi connectivity index (χ1) is 23.5. The Bertz CT molecular complexity index is 2320. The molecule has 0 fully saturated rings. The number of benzene rings is 4. The molecule has 5 heteroatoms. The molecule has 0 radical (unpaired) electrons. The van der Waals surface area contributed by atoms with Crippen molar-refractivity contribution in [3.63, 3.8) is 0 Å². The Morgan fingerprint density at radius 2 is 1.28 bits per heavy atom. The molecule has 1 aromatic heterocycles. The van der Waals surface area contributed by atoms with Gasteiger partial charge in [0.15, 0.2) is 0 Å². The van der Waals surface area contributed by atoms with E-state index >= 15 is 0 Å². The van der Waals surface area contributed by atoms with E-state index in [1.807, 2.05) is 6.92 Å². The second kappa shape index (κ2) is 12.5. The molecule has 1 nitrogen and oxygen atoms in total. The molecular formula is C45H48Cl2OSiZr. The van der Waals surface area contributed by atoms with Crippen LogP contribution in [-0.2, 0) is 20.4 Å². The number of hydrogen-bond donors (Lipinski definition) is 0. The average molecular weight is 795 g/mol. The fraction of sp³-hybridized carbons (Fsp3) is 0.289. The van der Waals surface area contributed by atoms with E-state index in [2.05, 4.69) is 159 Å². The van der Waals surface area contributed by atoms with Gasteiger partial charge in [0.1, 0.15) is 0 Å². The number of furan rings is 1. The summed E-state index contributed by atoms with van der Waals surface area (Å²) in [7, 11) is 17.3. The van der Waals surface area contributed by atoms with Crippen LogP contribution in [0.2, 0.25) is 13.1 Å². The van der Waals surface area contributed by atoms with Gasteiger partial charge in [-0.25, -0.2) is 0 Å². The molecule has 0 N–H and O–H groups in total. The molecule has 2 unspecified atom stereocenters. The predicted octanol–water partition coefficient (Wildman–Crippen LogP) is 14.1. The molecule has 1 heterocycles. The van der Waals surface area contributed by atoms with Gasteiger partial charge in [-0.1, -0.05) is 0 Å². The molecule has 0 aliphatic heterocycles. The van der Waals surface area contributed by atoms with Gasteiger partial charge in [0.05, 0.1) is 0 Å². The average Bonchev–Trinajstić information content (AvgIpc) is 3.77. The first-order valence-corrected chi connectivity index (χ1v) is 33.2. The fourth-order valence-electron chi connectivity index (χ4n) is 8.69. The fourth-order valence-corrected chi connectivity index (χ4v) is 35.1. The molecule has 0 spiro atoms. The van der Waals surface area contributed by atoms with Gasteiger partial charge in [0, 0.05) is 0 Å². The standard InChI is InChI=1S/C25H25O.C18H17.C2H6Si.2ClH.Zr/c1-16-6-8-19-14-20(23-13-7-17(2)26-23)15-22(19)24(16)18-9-11-21(12-10-18)25(3,4)5;1-12-9-13(2)11-16(10-12)18-14(3)7-8-15-5-4-6-17(15)18;1-3-2;;;/h6-15H,1-5H3;4-11H,1-3H3;1-2H3;2*1H;/q;;;;;+2/p-2. The number of halogens is 2. The van der Waals surface area contributed by atoms with Crippen LogP contribution in [0, 0.1) is 34.6 Å². The Morgan fingerprint density at radius 1 is 0.680 bits per heavy atom. The predicted molar refractivity (Wildman–Crippen MR) is 216 cm³/mol. The van der Waals surface area contributed by atoms with Gasteiger partial charge >= 0.3 is 310 Å². The van der Waals surface area contributed by atoms with E-state index in [-0.39, 0.29) is 12.7 Å². The van der Waals surface area contributed by atoms with Crippen LogP contribution < -0.4 is 0 Å². The summed E-state index contributed by atoms with van der Waals surface area (Å²) in [5.41, 5.74) is 16.4. The first-order valence-electron chi connectivity index (χ1n) is 17.8. The van der Waals surface area contributed by atoms with Crippen molar-refractivity contribution in [3.8, 4) is 22.3 Å². The van der Waals surface area contributed by atoms with Crippen molar-refractivity contribution >= 4 is 40.2 Å². The van der Waals surface area contributed by atoms with E-state index in [1.54, 1.807) is 0 Å². The van der Waals surface area contributed by atoms with Crippen LogP contribution in [0.15, 0.2) is 89.4 Å². The third kappa shape index (κ3) is 5.67. The third-order valence-electron chi connectivity index (χ3n) is 11.3. The van der Waals surface area contributed by atoms with Crippen molar-refractivity contribution in [2.45, 2.75) is 81.2 Å². The Kier molecular flexibility index (Phi) is 8.91. The van der Waals surface area contributed by atoms with Crippen LogP contribution in [0.5, 0.6) is 0 Å². The van der Waals surface area contributed by atoms with Crippen molar-refractivity contribution in [2.24, 2.45) is 0 Å². The monoisotopic (exact) mass is 792 g/mol. The Labute approximate surface area is 307 Å². The van der Waals surface area contributed by atoms with E-state index in [9.17, 15) is 0 Å². The van der Waals surface area contributed by atoms with Gasteiger partial charge in [0.2, 0.25) is 0 Å². The van der Waals surface area contributed by atoms with Gasteiger partial charge in [-0.05, 0) is 0 Å². The molecule has 50 heavy (non-hydrogen) atoms. The maximum absolute atomic E-state index is 8.63. The van der Waals surface area contributed by atoms with Crippen LogP contribution in [0.4, 0.5) is 0 Å². The minimum absolute atomic E-state index is 0.0323. The number of hydrogen-bond acceptors (Lipinski definition) is 1. The number of allylic oxidation sites excluding steroid dienone is 2. The van der Waals surface area contributed by atoms with Crippen molar-refractivity contribution in [1.29, 1.82) is 0 Å². The van der Waals surface area contributed by atoms with Crippen LogP contribution >= 0.6 is 17.0 Å². The van der Waals surface area contributed by atoms with Gasteiger partial charge < -0.3 is 0 Å².